The summed E-state index contributed by atoms with van der Waals surface area (Å²) in [5, 5.41) is 6.25. The van der Waals surface area contributed by atoms with Crippen molar-refractivity contribution in [3.8, 4) is 0 Å². The molecule has 5 nitrogen and oxygen atoms in total. The molecule has 0 spiro atoms. The second-order valence-corrected chi connectivity index (χ2v) is 6.50. The average molecular weight is 285 g/mol. The number of amides is 2. The maximum atomic E-state index is 12.1. The van der Waals surface area contributed by atoms with Gasteiger partial charge in [0.15, 0.2) is 5.17 Å². The lowest BCUT2D eigenvalue weighted by Gasteiger charge is -2.22. The highest BCUT2D eigenvalue weighted by molar-refractivity contribution is 8.14. The SMILES string of the molecule is CC(C)CC(=O)N[C@H](C(=O)NC1=NCCS1)C(C)C. The largest absolute Gasteiger partial charge is 0.344 e. The number of amidine groups is 1. The van der Waals surface area contributed by atoms with E-state index in [1.807, 2.05) is 27.7 Å². The summed E-state index contributed by atoms with van der Waals surface area (Å²) >= 11 is 1.53. The van der Waals surface area contributed by atoms with Crippen LogP contribution in [0.3, 0.4) is 0 Å². The molecule has 0 saturated heterocycles. The molecule has 0 saturated carbocycles. The first-order chi connectivity index (χ1) is 8.90. The van der Waals surface area contributed by atoms with Gasteiger partial charge in [-0.25, -0.2) is 0 Å². The highest BCUT2D eigenvalue weighted by Gasteiger charge is 2.25. The molecule has 0 radical (unpaired) electrons. The molecule has 1 atom stereocenters. The number of hydrogen-bond acceptors (Lipinski definition) is 4. The average Bonchev–Trinajstić information content (AvgIpc) is 2.77. The standard InChI is InChI=1S/C13H23N3O2S/c1-8(2)7-10(17)15-11(9(3)4)12(18)16-13-14-5-6-19-13/h8-9,11H,5-7H2,1-4H3,(H,15,17)(H,14,16,18)/t11-/m0/s1. The van der Waals surface area contributed by atoms with Crippen molar-refractivity contribution < 1.29 is 9.59 Å². The fourth-order valence-electron chi connectivity index (χ4n) is 1.73. The Morgan fingerprint density at radius 2 is 2.00 bits per heavy atom. The summed E-state index contributed by atoms with van der Waals surface area (Å²) in [7, 11) is 0. The molecule has 0 aromatic heterocycles. The van der Waals surface area contributed by atoms with E-state index in [4.69, 9.17) is 0 Å². The molecule has 1 rings (SSSR count). The normalized spacial score (nSPS) is 16.4. The quantitative estimate of drug-likeness (QED) is 0.802. The van der Waals surface area contributed by atoms with Crippen LogP contribution in [0.1, 0.15) is 34.1 Å². The summed E-state index contributed by atoms with van der Waals surface area (Å²) in [5.41, 5.74) is 0. The topological polar surface area (TPSA) is 70.6 Å². The molecule has 0 fully saturated rings. The van der Waals surface area contributed by atoms with Crippen molar-refractivity contribution in [3.05, 3.63) is 0 Å². The molecule has 0 aromatic carbocycles. The third kappa shape index (κ3) is 5.63. The first kappa shape index (κ1) is 16.0. The Hall–Kier alpha value is -1.04. The Kier molecular flexibility index (Phi) is 6.34. The number of carbonyl (C=O) groups is 2. The van der Waals surface area contributed by atoms with Crippen molar-refractivity contribution in [3.63, 3.8) is 0 Å². The van der Waals surface area contributed by atoms with Gasteiger partial charge in [0.2, 0.25) is 11.8 Å². The lowest BCUT2D eigenvalue weighted by Crippen LogP contribution is -2.50. The third-order valence-corrected chi connectivity index (χ3v) is 3.57. The Bertz CT molecular complexity index is 367. The van der Waals surface area contributed by atoms with E-state index in [-0.39, 0.29) is 23.7 Å². The smallest absolute Gasteiger partial charge is 0.248 e. The fourth-order valence-corrected chi connectivity index (χ4v) is 2.46. The van der Waals surface area contributed by atoms with Crippen LogP contribution in [0.2, 0.25) is 0 Å². The Balaban J connectivity index is 2.55. The van der Waals surface area contributed by atoms with Crippen LogP contribution in [0.15, 0.2) is 4.99 Å². The van der Waals surface area contributed by atoms with Gasteiger partial charge in [0.25, 0.3) is 0 Å². The van der Waals surface area contributed by atoms with Gasteiger partial charge in [-0.2, -0.15) is 0 Å². The lowest BCUT2D eigenvalue weighted by molar-refractivity contribution is -0.129. The van der Waals surface area contributed by atoms with Crippen LogP contribution in [0, 0.1) is 11.8 Å². The molecule has 0 bridgehead atoms. The Morgan fingerprint density at radius 3 is 2.47 bits per heavy atom. The van der Waals surface area contributed by atoms with Gasteiger partial charge in [-0.1, -0.05) is 39.5 Å². The van der Waals surface area contributed by atoms with Crippen LogP contribution in [0.5, 0.6) is 0 Å². The van der Waals surface area contributed by atoms with Crippen LogP contribution >= 0.6 is 11.8 Å². The van der Waals surface area contributed by atoms with Crippen molar-refractivity contribution in [2.24, 2.45) is 16.8 Å². The van der Waals surface area contributed by atoms with Gasteiger partial charge in [-0.05, 0) is 11.8 Å². The first-order valence-electron chi connectivity index (χ1n) is 6.67. The molecule has 19 heavy (non-hydrogen) atoms. The number of carbonyl (C=O) groups excluding carboxylic acids is 2. The van der Waals surface area contributed by atoms with Gasteiger partial charge < -0.3 is 10.6 Å². The van der Waals surface area contributed by atoms with Crippen LogP contribution in [0.25, 0.3) is 0 Å². The number of rotatable bonds is 5. The molecule has 108 valence electrons. The van der Waals surface area contributed by atoms with E-state index < -0.39 is 6.04 Å². The van der Waals surface area contributed by atoms with Crippen molar-refractivity contribution in [2.75, 3.05) is 12.3 Å². The molecular weight excluding hydrogens is 262 g/mol. The van der Waals surface area contributed by atoms with Crippen LogP contribution in [0.4, 0.5) is 0 Å². The highest BCUT2D eigenvalue weighted by Crippen LogP contribution is 2.10. The van der Waals surface area contributed by atoms with Crippen LogP contribution in [-0.2, 0) is 9.59 Å². The van der Waals surface area contributed by atoms with Crippen LogP contribution in [-0.4, -0.2) is 35.3 Å². The van der Waals surface area contributed by atoms with Gasteiger partial charge in [0.1, 0.15) is 6.04 Å². The zero-order chi connectivity index (χ0) is 14.4. The monoisotopic (exact) mass is 285 g/mol. The summed E-state index contributed by atoms with van der Waals surface area (Å²) < 4.78 is 0. The van der Waals surface area contributed by atoms with Crippen molar-refractivity contribution in [1.29, 1.82) is 0 Å². The van der Waals surface area contributed by atoms with E-state index in [2.05, 4.69) is 15.6 Å². The molecule has 2 amide bonds. The molecule has 1 heterocycles. The van der Waals surface area contributed by atoms with Gasteiger partial charge >= 0.3 is 0 Å². The zero-order valence-electron chi connectivity index (χ0n) is 12.0. The molecule has 2 N–H and O–H groups in total. The third-order valence-electron chi connectivity index (χ3n) is 2.67. The van der Waals surface area contributed by atoms with Gasteiger partial charge in [-0.3, -0.25) is 14.6 Å². The molecule has 1 aliphatic rings. The fraction of sp³-hybridized carbons (Fsp3) is 0.769. The number of thioether (sulfide) groups is 1. The summed E-state index contributed by atoms with van der Waals surface area (Å²) in [4.78, 5) is 28.1. The van der Waals surface area contributed by atoms with E-state index in [0.717, 1.165) is 12.3 Å². The molecule has 0 aromatic rings. The van der Waals surface area contributed by atoms with Crippen molar-refractivity contribution in [2.45, 2.75) is 40.2 Å². The van der Waals surface area contributed by atoms with Crippen LogP contribution < -0.4 is 10.6 Å². The summed E-state index contributed by atoms with van der Waals surface area (Å²) in [5.74, 6) is 0.973. The summed E-state index contributed by atoms with van der Waals surface area (Å²) in [6.07, 6.45) is 0.437. The predicted molar refractivity (Wildman–Crippen MR) is 79.1 cm³/mol. The first-order valence-corrected chi connectivity index (χ1v) is 7.66. The van der Waals surface area contributed by atoms with E-state index >= 15 is 0 Å². The number of nitrogens with zero attached hydrogens (tertiary/aromatic N) is 1. The minimum atomic E-state index is -0.504. The second kappa shape index (κ2) is 7.53. The van der Waals surface area contributed by atoms with E-state index in [0.29, 0.717) is 11.6 Å². The van der Waals surface area contributed by atoms with Gasteiger partial charge in [0, 0.05) is 12.2 Å². The number of aliphatic imine (C=N–C) groups is 1. The predicted octanol–water partition coefficient (Wildman–Crippen LogP) is 1.39. The number of nitrogens with one attached hydrogen (secondary N) is 2. The van der Waals surface area contributed by atoms with E-state index in [1.54, 1.807) is 0 Å². The maximum Gasteiger partial charge on any atom is 0.248 e. The van der Waals surface area contributed by atoms with Gasteiger partial charge in [0.05, 0.1) is 6.54 Å². The summed E-state index contributed by atoms with van der Waals surface area (Å²) in [6, 6.07) is -0.504. The van der Waals surface area contributed by atoms with Gasteiger partial charge in [-0.15, -0.1) is 0 Å². The number of hydrogen-bond donors (Lipinski definition) is 2. The molecular formula is C13H23N3O2S. The molecule has 0 aliphatic carbocycles. The van der Waals surface area contributed by atoms with E-state index in [1.165, 1.54) is 11.8 Å². The molecule has 6 heteroatoms. The second-order valence-electron chi connectivity index (χ2n) is 5.41. The van der Waals surface area contributed by atoms with Crippen molar-refractivity contribution >= 4 is 28.7 Å². The van der Waals surface area contributed by atoms with E-state index in [9.17, 15) is 9.59 Å². The zero-order valence-corrected chi connectivity index (χ0v) is 12.8. The molecule has 1 aliphatic heterocycles. The summed E-state index contributed by atoms with van der Waals surface area (Å²) in [6.45, 7) is 8.54. The minimum absolute atomic E-state index is 0.0446. The maximum absolute atomic E-state index is 12.1. The Labute approximate surface area is 119 Å². The molecule has 0 unspecified atom stereocenters. The van der Waals surface area contributed by atoms with Crippen molar-refractivity contribution in [1.82, 2.24) is 10.6 Å². The minimum Gasteiger partial charge on any atom is -0.344 e. The lowest BCUT2D eigenvalue weighted by atomic mass is 10.0. The Morgan fingerprint density at radius 1 is 1.32 bits per heavy atom. The highest BCUT2D eigenvalue weighted by atomic mass is 32.2.